The topological polar surface area (TPSA) is 67.4 Å². The molecule has 0 bridgehead atoms. The lowest BCUT2D eigenvalue weighted by Gasteiger charge is -2.13. The molecular weight excluding hydrogens is 276 g/mol. The molecule has 5 nitrogen and oxygen atoms in total. The standard InChI is InChI=1S/C14H22N2O3S/c1-2-15-13-5-3-4-6-14(13)20(17,18)16-9-7-12-8-10-19-11-12/h3-6,12,15-16H,2,7-11H2,1H3. The van der Waals surface area contributed by atoms with E-state index in [-0.39, 0.29) is 0 Å². The predicted molar refractivity (Wildman–Crippen MR) is 79.3 cm³/mol. The minimum absolute atomic E-state index is 0.310. The van der Waals surface area contributed by atoms with Crippen molar-refractivity contribution in [1.29, 1.82) is 0 Å². The molecule has 0 amide bonds. The van der Waals surface area contributed by atoms with E-state index in [0.29, 0.717) is 29.6 Å². The predicted octanol–water partition coefficient (Wildman–Crippen LogP) is 1.82. The fourth-order valence-electron chi connectivity index (χ4n) is 2.32. The fourth-order valence-corrected chi connectivity index (χ4v) is 3.55. The van der Waals surface area contributed by atoms with E-state index in [0.717, 1.165) is 26.1 Å². The summed E-state index contributed by atoms with van der Waals surface area (Å²) in [5.41, 5.74) is 0.645. The minimum Gasteiger partial charge on any atom is -0.384 e. The monoisotopic (exact) mass is 298 g/mol. The SMILES string of the molecule is CCNc1ccccc1S(=O)(=O)NCCC1CCOC1. The van der Waals surface area contributed by atoms with Gasteiger partial charge in [-0.1, -0.05) is 12.1 Å². The molecule has 1 aliphatic rings. The summed E-state index contributed by atoms with van der Waals surface area (Å²) in [5.74, 6) is 0.474. The lowest BCUT2D eigenvalue weighted by Crippen LogP contribution is -2.27. The minimum atomic E-state index is -3.46. The molecule has 112 valence electrons. The molecule has 1 saturated heterocycles. The molecule has 1 unspecified atom stereocenters. The van der Waals surface area contributed by atoms with Gasteiger partial charge in [-0.2, -0.15) is 0 Å². The van der Waals surface area contributed by atoms with E-state index >= 15 is 0 Å². The summed E-state index contributed by atoms with van der Waals surface area (Å²) in [6.45, 7) is 4.62. The van der Waals surface area contributed by atoms with E-state index in [1.54, 1.807) is 18.2 Å². The first kappa shape index (κ1) is 15.3. The van der Waals surface area contributed by atoms with Crippen molar-refractivity contribution in [3.8, 4) is 0 Å². The molecule has 1 heterocycles. The second-order valence-electron chi connectivity index (χ2n) is 4.94. The van der Waals surface area contributed by atoms with Gasteiger partial charge in [-0.25, -0.2) is 13.1 Å². The maximum absolute atomic E-state index is 12.3. The zero-order valence-electron chi connectivity index (χ0n) is 11.8. The molecule has 0 saturated carbocycles. The Kier molecular flexibility index (Phi) is 5.39. The summed E-state index contributed by atoms with van der Waals surface area (Å²) in [6, 6.07) is 6.97. The Morgan fingerprint density at radius 1 is 1.35 bits per heavy atom. The summed E-state index contributed by atoms with van der Waals surface area (Å²) >= 11 is 0. The second kappa shape index (κ2) is 7.06. The number of hydrogen-bond donors (Lipinski definition) is 2. The maximum Gasteiger partial charge on any atom is 0.242 e. The smallest absolute Gasteiger partial charge is 0.242 e. The molecule has 1 aromatic rings. The Bertz CT molecular complexity index is 525. The van der Waals surface area contributed by atoms with Crippen LogP contribution in [0.1, 0.15) is 19.8 Å². The summed E-state index contributed by atoms with van der Waals surface area (Å²) in [4.78, 5) is 0.310. The highest BCUT2D eigenvalue weighted by atomic mass is 32.2. The van der Waals surface area contributed by atoms with Crippen molar-refractivity contribution in [2.45, 2.75) is 24.7 Å². The van der Waals surface area contributed by atoms with Crippen molar-refractivity contribution in [1.82, 2.24) is 4.72 Å². The van der Waals surface area contributed by atoms with E-state index in [2.05, 4.69) is 10.0 Å². The Hall–Kier alpha value is -1.11. The largest absolute Gasteiger partial charge is 0.384 e. The number of sulfonamides is 1. The highest BCUT2D eigenvalue weighted by Gasteiger charge is 2.20. The van der Waals surface area contributed by atoms with Gasteiger partial charge in [0.1, 0.15) is 4.90 Å². The number of para-hydroxylation sites is 1. The van der Waals surface area contributed by atoms with Crippen molar-refractivity contribution in [3.05, 3.63) is 24.3 Å². The van der Waals surface area contributed by atoms with Gasteiger partial charge >= 0.3 is 0 Å². The van der Waals surface area contributed by atoms with Crippen LogP contribution in [-0.4, -0.2) is 34.7 Å². The van der Waals surface area contributed by atoms with Crippen molar-refractivity contribution < 1.29 is 13.2 Å². The summed E-state index contributed by atoms with van der Waals surface area (Å²) in [5, 5.41) is 3.07. The van der Waals surface area contributed by atoms with E-state index in [4.69, 9.17) is 4.74 Å². The summed E-state index contributed by atoms with van der Waals surface area (Å²) in [6.07, 6.45) is 1.85. The first-order valence-corrected chi connectivity index (χ1v) is 8.52. The average molecular weight is 298 g/mol. The molecule has 6 heteroatoms. The van der Waals surface area contributed by atoms with Crippen molar-refractivity contribution in [2.75, 3.05) is 31.6 Å². The fraction of sp³-hybridized carbons (Fsp3) is 0.571. The molecule has 0 aliphatic carbocycles. The zero-order valence-corrected chi connectivity index (χ0v) is 12.6. The molecule has 2 N–H and O–H groups in total. The van der Waals surface area contributed by atoms with Crippen molar-refractivity contribution >= 4 is 15.7 Å². The summed E-state index contributed by atoms with van der Waals surface area (Å²) < 4.78 is 32.6. The van der Waals surface area contributed by atoms with Crippen LogP contribution < -0.4 is 10.0 Å². The second-order valence-corrected chi connectivity index (χ2v) is 6.68. The van der Waals surface area contributed by atoms with Crippen LogP contribution in [0.25, 0.3) is 0 Å². The molecule has 1 aliphatic heterocycles. The highest BCUT2D eigenvalue weighted by molar-refractivity contribution is 7.89. The molecule has 0 aromatic heterocycles. The number of benzene rings is 1. The van der Waals surface area contributed by atoms with Crippen LogP contribution >= 0.6 is 0 Å². The molecule has 0 radical (unpaired) electrons. The third kappa shape index (κ3) is 3.94. The zero-order chi connectivity index (χ0) is 14.4. The Balaban J connectivity index is 1.98. The van der Waals surface area contributed by atoms with Gasteiger partial charge in [0.05, 0.1) is 5.69 Å². The van der Waals surface area contributed by atoms with Gasteiger partial charge in [0.15, 0.2) is 0 Å². The molecule has 1 atom stereocenters. The molecule has 1 aromatic carbocycles. The van der Waals surface area contributed by atoms with Gasteiger partial charge < -0.3 is 10.1 Å². The Morgan fingerprint density at radius 3 is 2.85 bits per heavy atom. The third-order valence-corrected chi connectivity index (χ3v) is 4.93. The lowest BCUT2D eigenvalue weighted by atomic mass is 10.1. The van der Waals surface area contributed by atoms with Gasteiger partial charge in [0, 0.05) is 26.3 Å². The highest BCUT2D eigenvalue weighted by Crippen LogP contribution is 2.21. The van der Waals surface area contributed by atoms with E-state index in [1.165, 1.54) is 0 Å². The van der Waals surface area contributed by atoms with Crippen molar-refractivity contribution in [2.24, 2.45) is 5.92 Å². The lowest BCUT2D eigenvalue weighted by molar-refractivity contribution is 0.184. The third-order valence-electron chi connectivity index (χ3n) is 3.41. The molecule has 0 spiro atoms. The first-order chi connectivity index (χ1) is 9.63. The van der Waals surface area contributed by atoms with E-state index in [1.807, 2.05) is 13.0 Å². The van der Waals surface area contributed by atoms with Crippen LogP contribution in [0, 0.1) is 5.92 Å². The van der Waals surface area contributed by atoms with Gasteiger partial charge in [0.25, 0.3) is 0 Å². The quantitative estimate of drug-likeness (QED) is 0.806. The average Bonchev–Trinajstić information content (AvgIpc) is 2.92. The van der Waals surface area contributed by atoms with Gasteiger partial charge in [0.2, 0.25) is 10.0 Å². The van der Waals surface area contributed by atoms with Crippen LogP contribution in [0.4, 0.5) is 5.69 Å². The normalized spacial score (nSPS) is 19.1. The van der Waals surface area contributed by atoms with Crippen LogP contribution in [0.2, 0.25) is 0 Å². The number of rotatable bonds is 7. The Morgan fingerprint density at radius 2 is 2.15 bits per heavy atom. The molecule has 2 rings (SSSR count). The number of ether oxygens (including phenoxy) is 1. The van der Waals surface area contributed by atoms with Crippen LogP contribution in [-0.2, 0) is 14.8 Å². The van der Waals surface area contributed by atoms with Gasteiger partial charge in [-0.15, -0.1) is 0 Å². The van der Waals surface area contributed by atoms with E-state index in [9.17, 15) is 8.42 Å². The van der Waals surface area contributed by atoms with E-state index < -0.39 is 10.0 Å². The number of nitrogens with one attached hydrogen (secondary N) is 2. The molecular formula is C14H22N2O3S. The maximum atomic E-state index is 12.3. The van der Waals surface area contributed by atoms with Crippen molar-refractivity contribution in [3.63, 3.8) is 0 Å². The number of hydrogen-bond acceptors (Lipinski definition) is 4. The van der Waals surface area contributed by atoms with Crippen LogP contribution in [0.5, 0.6) is 0 Å². The first-order valence-electron chi connectivity index (χ1n) is 7.04. The number of anilines is 1. The summed E-state index contributed by atoms with van der Waals surface area (Å²) in [7, 11) is -3.46. The Labute approximate surface area is 120 Å². The van der Waals surface area contributed by atoms with Crippen LogP contribution in [0.15, 0.2) is 29.2 Å². The van der Waals surface area contributed by atoms with Gasteiger partial charge in [-0.3, -0.25) is 0 Å². The molecule has 1 fully saturated rings. The van der Waals surface area contributed by atoms with Gasteiger partial charge in [-0.05, 0) is 37.8 Å². The van der Waals surface area contributed by atoms with Crippen LogP contribution in [0.3, 0.4) is 0 Å². The molecule has 20 heavy (non-hydrogen) atoms.